The van der Waals surface area contributed by atoms with Gasteiger partial charge in [0.1, 0.15) is 5.82 Å². The zero-order valence-electron chi connectivity index (χ0n) is 16.4. The van der Waals surface area contributed by atoms with Crippen molar-refractivity contribution >= 4 is 5.91 Å². The van der Waals surface area contributed by atoms with E-state index in [1.54, 1.807) is 0 Å². The van der Waals surface area contributed by atoms with Crippen LogP contribution in [0.25, 0.3) is 0 Å². The standard InChI is InChI=1S/C20H32N4O3/c1-22-11-8-21-18(22)15-23-9-6-20(7-10-23)16-24(19(25)5-13-27-20)14-17-4-2-3-12-26-17/h8,11,17H,2-7,9-10,12-16H2,1H3. The number of hydrogen-bond acceptors (Lipinski definition) is 5. The lowest BCUT2D eigenvalue weighted by molar-refractivity contribution is -0.135. The summed E-state index contributed by atoms with van der Waals surface area (Å²) in [5.41, 5.74) is -0.195. The van der Waals surface area contributed by atoms with E-state index in [4.69, 9.17) is 9.47 Å². The number of aromatic nitrogens is 2. The lowest BCUT2D eigenvalue weighted by atomic mass is 9.90. The number of nitrogens with zero attached hydrogens (tertiary/aromatic N) is 4. The predicted molar refractivity (Wildman–Crippen MR) is 101 cm³/mol. The van der Waals surface area contributed by atoms with Crippen molar-refractivity contribution in [2.45, 2.75) is 56.8 Å². The maximum Gasteiger partial charge on any atom is 0.225 e. The van der Waals surface area contributed by atoms with Crippen LogP contribution in [0.2, 0.25) is 0 Å². The number of hydrogen-bond donors (Lipinski definition) is 0. The van der Waals surface area contributed by atoms with Gasteiger partial charge in [0.25, 0.3) is 0 Å². The Hall–Kier alpha value is -1.44. The molecule has 0 aromatic carbocycles. The van der Waals surface area contributed by atoms with E-state index in [-0.39, 0.29) is 17.6 Å². The smallest absolute Gasteiger partial charge is 0.225 e. The predicted octanol–water partition coefficient (Wildman–Crippen LogP) is 1.57. The summed E-state index contributed by atoms with van der Waals surface area (Å²) in [5.74, 6) is 1.32. The SMILES string of the molecule is Cn1ccnc1CN1CCC2(CC1)CN(CC1CCCCO1)C(=O)CCO2. The number of likely N-dealkylation sites (tertiary alicyclic amines) is 1. The van der Waals surface area contributed by atoms with Gasteiger partial charge in [0.05, 0.1) is 31.3 Å². The van der Waals surface area contributed by atoms with Gasteiger partial charge in [-0.05, 0) is 32.1 Å². The topological polar surface area (TPSA) is 59.8 Å². The zero-order valence-corrected chi connectivity index (χ0v) is 16.4. The highest BCUT2D eigenvalue weighted by Crippen LogP contribution is 2.31. The second-order valence-electron chi connectivity index (χ2n) is 8.27. The number of imidazole rings is 1. The van der Waals surface area contributed by atoms with Crippen molar-refractivity contribution in [3.63, 3.8) is 0 Å². The van der Waals surface area contributed by atoms with Crippen LogP contribution in [0.5, 0.6) is 0 Å². The molecule has 1 aromatic heterocycles. The fraction of sp³-hybridized carbons (Fsp3) is 0.800. The summed E-state index contributed by atoms with van der Waals surface area (Å²) in [6.45, 7) is 5.64. The molecular formula is C20H32N4O3. The average Bonchev–Trinajstić information content (AvgIpc) is 3.01. The summed E-state index contributed by atoms with van der Waals surface area (Å²) >= 11 is 0. The van der Waals surface area contributed by atoms with E-state index in [1.807, 2.05) is 24.3 Å². The molecule has 4 rings (SSSR count). The third kappa shape index (κ3) is 4.52. The Morgan fingerprint density at radius 1 is 1.26 bits per heavy atom. The van der Waals surface area contributed by atoms with Gasteiger partial charge in [-0.1, -0.05) is 0 Å². The molecule has 3 aliphatic heterocycles. The van der Waals surface area contributed by atoms with Gasteiger partial charge in [-0.3, -0.25) is 9.69 Å². The molecule has 150 valence electrons. The molecule has 3 saturated heterocycles. The van der Waals surface area contributed by atoms with Crippen molar-refractivity contribution < 1.29 is 14.3 Å². The van der Waals surface area contributed by atoms with Gasteiger partial charge >= 0.3 is 0 Å². The van der Waals surface area contributed by atoms with Crippen LogP contribution < -0.4 is 0 Å². The quantitative estimate of drug-likeness (QED) is 0.798. The molecule has 0 radical (unpaired) electrons. The van der Waals surface area contributed by atoms with Crippen molar-refractivity contribution in [1.82, 2.24) is 19.4 Å². The summed E-state index contributed by atoms with van der Waals surface area (Å²) < 4.78 is 14.2. The molecule has 3 fully saturated rings. The number of carbonyl (C=O) groups excluding carboxylic acids is 1. The van der Waals surface area contributed by atoms with Crippen LogP contribution >= 0.6 is 0 Å². The third-order valence-electron chi connectivity index (χ3n) is 6.31. The van der Waals surface area contributed by atoms with Crippen molar-refractivity contribution in [3.05, 3.63) is 18.2 Å². The minimum Gasteiger partial charge on any atom is -0.376 e. The van der Waals surface area contributed by atoms with Gasteiger partial charge in [-0.15, -0.1) is 0 Å². The monoisotopic (exact) mass is 376 g/mol. The molecule has 0 saturated carbocycles. The first-order chi connectivity index (χ1) is 13.1. The Bertz CT molecular complexity index is 633. The Labute approximate surface area is 161 Å². The molecule has 1 spiro atoms. The van der Waals surface area contributed by atoms with Crippen LogP contribution in [-0.2, 0) is 27.9 Å². The number of piperidine rings is 1. The molecule has 3 aliphatic rings. The number of carbonyl (C=O) groups is 1. The highest BCUT2D eigenvalue weighted by molar-refractivity contribution is 5.76. The Kier molecular flexibility index (Phi) is 5.80. The van der Waals surface area contributed by atoms with Gasteiger partial charge in [-0.2, -0.15) is 0 Å². The van der Waals surface area contributed by atoms with Crippen molar-refractivity contribution in [2.75, 3.05) is 39.4 Å². The Morgan fingerprint density at radius 3 is 2.81 bits per heavy atom. The number of ether oxygens (including phenoxy) is 2. The lowest BCUT2D eigenvalue weighted by Crippen LogP contribution is -2.53. The van der Waals surface area contributed by atoms with Gasteiger partial charge in [-0.25, -0.2) is 4.98 Å². The van der Waals surface area contributed by atoms with Crippen LogP contribution in [0, 0.1) is 0 Å². The van der Waals surface area contributed by atoms with E-state index in [0.29, 0.717) is 19.6 Å². The highest BCUT2D eigenvalue weighted by atomic mass is 16.5. The van der Waals surface area contributed by atoms with E-state index in [9.17, 15) is 4.79 Å². The summed E-state index contributed by atoms with van der Waals surface area (Å²) in [4.78, 5) is 21.5. The first-order valence-electron chi connectivity index (χ1n) is 10.4. The molecular weight excluding hydrogens is 344 g/mol. The fourth-order valence-corrected chi connectivity index (χ4v) is 4.53. The van der Waals surface area contributed by atoms with Crippen molar-refractivity contribution in [3.8, 4) is 0 Å². The molecule has 1 unspecified atom stereocenters. The molecule has 0 bridgehead atoms. The second-order valence-corrected chi connectivity index (χ2v) is 8.27. The summed E-state index contributed by atoms with van der Waals surface area (Å²) in [6.07, 6.45) is 9.87. The zero-order chi connectivity index (χ0) is 18.7. The highest BCUT2D eigenvalue weighted by Gasteiger charge is 2.41. The summed E-state index contributed by atoms with van der Waals surface area (Å²) in [5, 5.41) is 0. The first kappa shape index (κ1) is 18.9. The molecule has 1 atom stereocenters. The van der Waals surface area contributed by atoms with E-state index in [0.717, 1.165) is 64.3 Å². The van der Waals surface area contributed by atoms with Crippen LogP contribution in [0.1, 0.15) is 44.3 Å². The molecule has 1 aromatic rings. The largest absolute Gasteiger partial charge is 0.376 e. The number of amides is 1. The summed E-state index contributed by atoms with van der Waals surface area (Å²) in [6, 6.07) is 0. The molecule has 0 aliphatic carbocycles. The van der Waals surface area contributed by atoms with Crippen LogP contribution in [0.3, 0.4) is 0 Å². The first-order valence-corrected chi connectivity index (χ1v) is 10.4. The van der Waals surface area contributed by atoms with Crippen molar-refractivity contribution in [1.29, 1.82) is 0 Å². The Morgan fingerprint density at radius 2 is 2.11 bits per heavy atom. The molecule has 0 N–H and O–H groups in total. The minimum absolute atomic E-state index is 0.195. The lowest BCUT2D eigenvalue weighted by Gasteiger charge is -2.43. The van der Waals surface area contributed by atoms with E-state index >= 15 is 0 Å². The van der Waals surface area contributed by atoms with Gasteiger partial charge < -0.3 is 18.9 Å². The van der Waals surface area contributed by atoms with E-state index in [1.165, 1.54) is 6.42 Å². The van der Waals surface area contributed by atoms with E-state index < -0.39 is 0 Å². The fourth-order valence-electron chi connectivity index (χ4n) is 4.53. The average molecular weight is 377 g/mol. The number of rotatable bonds is 4. The maximum absolute atomic E-state index is 12.6. The maximum atomic E-state index is 12.6. The second kappa shape index (κ2) is 8.29. The van der Waals surface area contributed by atoms with Gasteiger partial charge in [0.2, 0.25) is 5.91 Å². The molecule has 1 amide bonds. The van der Waals surface area contributed by atoms with Crippen molar-refractivity contribution in [2.24, 2.45) is 7.05 Å². The van der Waals surface area contributed by atoms with Gasteiger partial charge in [0, 0.05) is 52.2 Å². The normalized spacial score (nSPS) is 27.1. The molecule has 4 heterocycles. The van der Waals surface area contributed by atoms with Crippen LogP contribution in [-0.4, -0.2) is 76.4 Å². The van der Waals surface area contributed by atoms with Crippen LogP contribution in [0.4, 0.5) is 0 Å². The number of aryl methyl sites for hydroxylation is 1. The molecule has 7 heteroatoms. The third-order valence-corrected chi connectivity index (χ3v) is 6.31. The van der Waals surface area contributed by atoms with Crippen LogP contribution in [0.15, 0.2) is 12.4 Å². The Balaban J connectivity index is 1.35. The molecule has 27 heavy (non-hydrogen) atoms. The van der Waals surface area contributed by atoms with E-state index in [2.05, 4.69) is 14.5 Å². The molecule has 7 nitrogen and oxygen atoms in total. The minimum atomic E-state index is -0.195. The summed E-state index contributed by atoms with van der Waals surface area (Å²) in [7, 11) is 2.04. The van der Waals surface area contributed by atoms with Gasteiger partial charge in [0.15, 0.2) is 0 Å².